The average molecular weight is 234 g/mol. The highest BCUT2D eigenvalue weighted by atomic mass is 16.5. The normalized spacial score (nSPS) is 25.4. The fourth-order valence-corrected chi connectivity index (χ4v) is 2.87. The Morgan fingerprint density at radius 2 is 2.06 bits per heavy atom. The molecule has 1 saturated carbocycles. The van der Waals surface area contributed by atoms with E-state index in [2.05, 4.69) is 0 Å². The summed E-state index contributed by atoms with van der Waals surface area (Å²) in [5.41, 5.74) is 1.96. The van der Waals surface area contributed by atoms with Crippen molar-refractivity contribution in [2.24, 2.45) is 11.3 Å². The molecule has 0 heterocycles. The summed E-state index contributed by atoms with van der Waals surface area (Å²) >= 11 is 0. The maximum absolute atomic E-state index is 11.2. The number of hydrogen-bond acceptors (Lipinski definition) is 2. The third-order valence-electron chi connectivity index (χ3n) is 3.91. The van der Waals surface area contributed by atoms with Crippen molar-refractivity contribution in [3.05, 3.63) is 29.3 Å². The molecule has 2 atom stereocenters. The monoisotopic (exact) mass is 234 g/mol. The first-order valence-electron chi connectivity index (χ1n) is 5.77. The average Bonchev–Trinajstić information content (AvgIpc) is 2.80. The maximum Gasteiger partial charge on any atom is 0.307 e. The molecule has 0 radical (unpaired) electrons. The Morgan fingerprint density at radius 3 is 2.53 bits per heavy atom. The van der Waals surface area contributed by atoms with E-state index in [4.69, 9.17) is 4.74 Å². The van der Waals surface area contributed by atoms with Crippen LogP contribution in [0.1, 0.15) is 30.9 Å². The molecule has 0 saturated heterocycles. The van der Waals surface area contributed by atoms with Crippen molar-refractivity contribution >= 4 is 5.97 Å². The van der Waals surface area contributed by atoms with Crippen molar-refractivity contribution in [3.63, 3.8) is 0 Å². The van der Waals surface area contributed by atoms with Gasteiger partial charge in [-0.1, -0.05) is 26.0 Å². The number of aliphatic carboxylic acids is 1. The van der Waals surface area contributed by atoms with Gasteiger partial charge in [0.15, 0.2) is 0 Å². The van der Waals surface area contributed by atoms with Crippen LogP contribution in [0.3, 0.4) is 0 Å². The van der Waals surface area contributed by atoms with Crippen LogP contribution in [-0.4, -0.2) is 18.2 Å². The van der Waals surface area contributed by atoms with Crippen LogP contribution < -0.4 is 4.74 Å². The summed E-state index contributed by atoms with van der Waals surface area (Å²) < 4.78 is 5.36. The molecule has 0 bridgehead atoms. The van der Waals surface area contributed by atoms with Gasteiger partial charge in [-0.25, -0.2) is 0 Å². The minimum atomic E-state index is -0.717. The summed E-state index contributed by atoms with van der Waals surface area (Å²) in [6, 6.07) is 5.84. The van der Waals surface area contributed by atoms with Gasteiger partial charge in [0, 0.05) is 11.5 Å². The Balaban J connectivity index is 2.46. The van der Waals surface area contributed by atoms with E-state index in [9.17, 15) is 9.90 Å². The van der Waals surface area contributed by atoms with Crippen molar-refractivity contribution in [1.29, 1.82) is 0 Å². The van der Waals surface area contributed by atoms with E-state index in [1.807, 2.05) is 39.0 Å². The number of carboxylic acids is 1. The molecule has 1 aliphatic carbocycles. The second-order valence-corrected chi connectivity index (χ2v) is 5.31. The summed E-state index contributed by atoms with van der Waals surface area (Å²) in [5.74, 6) is -0.175. The summed E-state index contributed by atoms with van der Waals surface area (Å²) in [5, 5.41) is 9.23. The van der Waals surface area contributed by atoms with Crippen molar-refractivity contribution in [3.8, 4) is 5.75 Å². The molecule has 0 spiro atoms. The highest BCUT2D eigenvalue weighted by Gasteiger charge is 2.63. The highest BCUT2D eigenvalue weighted by molar-refractivity contribution is 5.78. The summed E-state index contributed by atoms with van der Waals surface area (Å²) in [6.45, 7) is 6.01. The number of benzene rings is 1. The number of carboxylic acid groups (broad SMARTS) is 1. The molecule has 17 heavy (non-hydrogen) atoms. The third kappa shape index (κ3) is 1.70. The standard InChI is InChI=1S/C14H18O3/c1-8-6-5-7-9(17-4)10(8)11-12(13(15)16)14(11,2)3/h5-7,11-12H,1-4H3,(H,15,16). The van der Waals surface area contributed by atoms with Crippen molar-refractivity contribution < 1.29 is 14.6 Å². The fourth-order valence-electron chi connectivity index (χ4n) is 2.87. The number of aryl methyl sites for hydroxylation is 1. The van der Waals surface area contributed by atoms with Crippen molar-refractivity contribution in [1.82, 2.24) is 0 Å². The second kappa shape index (κ2) is 3.76. The molecule has 0 aromatic heterocycles. The zero-order valence-electron chi connectivity index (χ0n) is 10.7. The molecule has 0 amide bonds. The van der Waals surface area contributed by atoms with Gasteiger partial charge in [-0.3, -0.25) is 4.79 Å². The minimum absolute atomic E-state index is 0.0520. The largest absolute Gasteiger partial charge is 0.496 e. The first kappa shape index (κ1) is 12.0. The predicted molar refractivity (Wildman–Crippen MR) is 65.4 cm³/mol. The van der Waals surface area contributed by atoms with Crippen LogP contribution >= 0.6 is 0 Å². The van der Waals surface area contributed by atoms with Crippen LogP contribution in [0, 0.1) is 18.3 Å². The lowest BCUT2D eigenvalue weighted by atomic mass is 9.98. The molecule has 1 aromatic rings. The van der Waals surface area contributed by atoms with Gasteiger partial charge in [-0.15, -0.1) is 0 Å². The van der Waals surface area contributed by atoms with E-state index in [1.54, 1.807) is 7.11 Å². The van der Waals surface area contributed by atoms with Gasteiger partial charge in [-0.2, -0.15) is 0 Å². The summed E-state index contributed by atoms with van der Waals surface area (Å²) in [6.07, 6.45) is 0. The molecule has 0 aliphatic heterocycles. The Kier molecular flexibility index (Phi) is 2.64. The lowest BCUT2D eigenvalue weighted by Crippen LogP contribution is -2.03. The van der Waals surface area contributed by atoms with Crippen molar-refractivity contribution in [2.75, 3.05) is 7.11 Å². The van der Waals surface area contributed by atoms with Crippen LogP contribution in [0.2, 0.25) is 0 Å². The Bertz CT molecular complexity index is 463. The van der Waals surface area contributed by atoms with E-state index in [0.29, 0.717) is 0 Å². The van der Waals surface area contributed by atoms with Crippen LogP contribution in [-0.2, 0) is 4.79 Å². The molecule has 2 rings (SSSR count). The molecule has 2 unspecified atom stereocenters. The maximum atomic E-state index is 11.2. The quantitative estimate of drug-likeness (QED) is 0.874. The topological polar surface area (TPSA) is 46.5 Å². The van der Waals surface area contributed by atoms with E-state index >= 15 is 0 Å². The highest BCUT2D eigenvalue weighted by Crippen LogP contribution is 2.66. The predicted octanol–water partition coefficient (Wildman–Crippen LogP) is 2.83. The molecule has 1 aliphatic rings. The number of methoxy groups -OCH3 is 1. The molecular formula is C14H18O3. The van der Waals surface area contributed by atoms with Gasteiger partial charge in [-0.05, 0) is 24.0 Å². The summed E-state index contributed by atoms with van der Waals surface area (Å²) in [7, 11) is 1.63. The van der Waals surface area contributed by atoms with Crippen LogP contribution in [0.25, 0.3) is 0 Å². The van der Waals surface area contributed by atoms with Gasteiger partial charge in [0.05, 0.1) is 13.0 Å². The van der Waals surface area contributed by atoms with E-state index in [1.165, 1.54) is 0 Å². The lowest BCUT2D eigenvalue weighted by Gasteiger charge is -2.12. The van der Waals surface area contributed by atoms with E-state index in [-0.39, 0.29) is 17.3 Å². The smallest absolute Gasteiger partial charge is 0.307 e. The number of carbonyl (C=O) groups is 1. The SMILES string of the molecule is COc1cccc(C)c1C1C(C(=O)O)C1(C)C. The fraction of sp³-hybridized carbons (Fsp3) is 0.500. The van der Waals surface area contributed by atoms with Crippen LogP contribution in [0.5, 0.6) is 5.75 Å². The summed E-state index contributed by atoms with van der Waals surface area (Å²) in [4.78, 5) is 11.2. The second-order valence-electron chi connectivity index (χ2n) is 5.31. The van der Waals surface area contributed by atoms with E-state index in [0.717, 1.165) is 16.9 Å². The first-order valence-corrected chi connectivity index (χ1v) is 5.77. The molecule has 1 aromatic carbocycles. The molecule has 1 fully saturated rings. The lowest BCUT2D eigenvalue weighted by molar-refractivity contribution is -0.139. The Hall–Kier alpha value is -1.51. The van der Waals surface area contributed by atoms with Gasteiger partial charge in [0.2, 0.25) is 0 Å². The number of rotatable bonds is 3. The van der Waals surface area contributed by atoms with Crippen LogP contribution in [0.4, 0.5) is 0 Å². The first-order chi connectivity index (χ1) is 7.91. The zero-order valence-corrected chi connectivity index (χ0v) is 10.7. The molecule has 3 nitrogen and oxygen atoms in total. The molecule has 3 heteroatoms. The molecular weight excluding hydrogens is 216 g/mol. The van der Waals surface area contributed by atoms with Gasteiger partial charge in [0.25, 0.3) is 0 Å². The Labute approximate surface area is 101 Å². The molecule has 1 N–H and O–H groups in total. The van der Waals surface area contributed by atoms with Crippen LogP contribution in [0.15, 0.2) is 18.2 Å². The van der Waals surface area contributed by atoms with Gasteiger partial charge < -0.3 is 9.84 Å². The Morgan fingerprint density at radius 1 is 1.41 bits per heavy atom. The number of hydrogen-bond donors (Lipinski definition) is 1. The van der Waals surface area contributed by atoms with E-state index < -0.39 is 5.97 Å². The van der Waals surface area contributed by atoms with Gasteiger partial charge >= 0.3 is 5.97 Å². The third-order valence-corrected chi connectivity index (χ3v) is 3.91. The van der Waals surface area contributed by atoms with Crippen molar-refractivity contribution in [2.45, 2.75) is 26.7 Å². The zero-order chi connectivity index (χ0) is 12.8. The molecule has 92 valence electrons. The minimum Gasteiger partial charge on any atom is -0.496 e. The number of ether oxygens (including phenoxy) is 1. The van der Waals surface area contributed by atoms with Gasteiger partial charge in [0.1, 0.15) is 5.75 Å².